The predicted octanol–water partition coefficient (Wildman–Crippen LogP) is 0.575. The van der Waals surface area contributed by atoms with Crippen molar-refractivity contribution in [2.45, 2.75) is 70.7 Å². The second-order valence-electron chi connectivity index (χ2n) is 6.32. The minimum atomic E-state index is -1.38. The smallest absolute Gasteiger partial charge is 0.186 e. The van der Waals surface area contributed by atoms with Gasteiger partial charge in [0, 0.05) is 0 Å². The van der Waals surface area contributed by atoms with E-state index in [0.717, 1.165) is 19.3 Å². The average Bonchev–Trinajstić information content (AvgIpc) is 2.47. The topological polar surface area (TPSA) is 99.4 Å². The van der Waals surface area contributed by atoms with Gasteiger partial charge >= 0.3 is 0 Å². The Morgan fingerprint density at radius 2 is 1.82 bits per heavy atom. The van der Waals surface area contributed by atoms with Crippen LogP contribution in [0.3, 0.4) is 0 Å². The van der Waals surface area contributed by atoms with Crippen LogP contribution in [-0.2, 0) is 9.47 Å². The summed E-state index contributed by atoms with van der Waals surface area (Å²) < 4.78 is 10.8. The molecule has 0 bridgehead atoms. The number of hydrogen-bond donors (Lipinski definition) is 4. The molecule has 4 N–H and O–H groups in total. The van der Waals surface area contributed by atoms with Crippen molar-refractivity contribution < 1.29 is 29.9 Å². The standard InChI is InChI=1S/C16H30O6/c1-10(2)5-4-6-11(3)7-8-21-16-15(20)14(19)13(18)12(9-17)22-16/h5,11-20H,4,6-9H2,1-3H3/t11?,12-,13-,14+,15-,16-/m1/s1. The molecule has 6 atom stereocenters. The maximum atomic E-state index is 9.84. The first-order valence-electron chi connectivity index (χ1n) is 7.92. The second kappa shape index (κ2) is 9.60. The molecule has 1 saturated heterocycles. The highest BCUT2D eigenvalue weighted by molar-refractivity contribution is 4.92. The van der Waals surface area contributed by atoms with Gasteiger partial charge in [0.2, 0.25) is 0 Å². The fourth-order valence-corrected chi connectivity index (χ4v) is 2.39. The Hall–Kier alpha value is -0.500. The molecule has 0 aromatic heterocycles. The van der Waals surface area contributed by atoms with Crippen molar-refractivity contribution in [2.75, 3.05) is 13.2 Å². The van der Waals surface area contributed by atoms with E-state index >= 15 is 0 Å². The lowest BCUT2D eigenvalue weighted by Gasteiger charge is -2.39. The first kappa shape index (κ1) is 19.5. The van der Waals surface area contributed by atoms with Crippen molar-refractivity contribution >= 4 is 0 Å². The van der Waals surface area contributed by atoms with Gasteiger partial charge in [-0.25, -0.2) is 0 Å². The van der Waals surface area contributed by atoms with Gasteiger partial charge in [0.15, 0.2) is 6.29 Å². The quantitative estimate of drug-likeness (QED) is 0.489. The largest absolute Gasteiger partial charge is 0.394 e. The van der Waals surface area contributed by atoms with Crippen LogP contribution in [0, 0.1) is 5.92 Å². The maximum Gasteiger partial charge on any atom is 0.186 e. The van der Waals surface area contributed by atoms with E-state index in [-0.39, 0.29) is 0 Å². The van der Waals surface area contributed by atoms with Gasteiger partial charge in [-0.3, -0.25) is 0 Å². The van der Waals surface area contributed by atoms with Gasteiger partial charge in [-0.05, 0) is 39.0 Å². The summed E-state index contributed by atoms with van der Waals surface area (Å²) in [6.45, 7) is 6.23. The van der Waals surface area contributed by atoms with Gasteiger partial charge in [-0.15, -0.1) is 0 Å². The Morgan fingerprint density at radius 3 is 2.41 bits per heavy atom. The molecule has 0 aromatic carbocycles. The van der Waals surface area contributed by atoms with E-state index in [0.29, 0.717) is 12.5 Å². The average molecular weight is 318 g/mol. The molecule has 0 aromatic rings. The first-order chi connectivity index (χ1) is 10.4. The minimum Gasteiger partial charge on any atom is -0.394 e. The highest BCUT2D eigenvalue weighted by Gasteiger charge is 2.43. The Bertz CT molecular complexity index is 340. The van der Waals surface area contributed by atoms with Crippen LogP contribution in [-0.4, -0.2) is 64.3 Å². The van der Waals surface area contributed by atoms with Crippen molar-refractivity contribution in [2.24, 2.45) is 5.92 Å². The van der Waals surface area contributed by atoms with Crippen LogP contribution < -0.4 is 0 Å². The van der Waals surface area contributed by atoms with E-state index in [4.69, 9.17) is 14.6 Å². The maximum absolute atomic E-state index is 9.84. The number of allylic oxidation sites excluding steroid dienone is 2. The van der Waals surface area contributed by atoms with Gasteiger partial charge in [0.05, 0.1) is 13.2 Å². The summed E-state index contributed by atoms with van der Waals surface area (Å²) in [6.07, 6.45) is -0.889. The summed E-state index contributed by atoms with van der Waals surface area (Å²) in [7, 11) is 0. The predicted molar refractivity (Wildman–Crippen MR) is 82.2 cm³/mol. The number of aliphatic hydroxyl groups is 4. The Labute approximate surface area is 132 Å². The van der Waals surface area contributed by atoms with Crippen LogP contribution in [0.2, 0.25) is 0 Å². The fraction of sp³-hybridized carbons (Fsp3) is 0.875. The molecule has 0 radical (unpaired) electrons. The molecule has 0 aliphatic carbocycles. The molecule has 0 amide bonds. The van der Waals surface area contributed by atoms with Gasteiger partial charge in [-0.2, -0.15) is 0 Å². The summed E-state index contributed by atoms with van der Waals surface area (Å²) >= 11 is 0. The molecule has 1 heterocycles. The molecule has 6 nitrogen and oxygen atoms in total. The van der Waals surface area contributed by atoms with Crippen LogP contribution in [0.15, 0.2) is 11.6 Å². The number of hydrogen-bond acceptors (Lipinski definition) is 6. The second-order valence-corrected chi connectivity index (χ2v) is 6.32. The fourth-order valence-electron chi connectivity index (χ4n) is 2.39. The van der Waals surface area contributed by atoms with Gasteiger partial charge in [-0.1, -0.05) is 18.6 Å². The highest BCUT2D eigenvalue weighted by Crippen LogP contribution is 2.22. The zero-order valence-electron chi connectivity index (χ0n) is 13.7. The van der Waals surface area contributed by atoms with Crippen molar-refractivity contribution in [1.29, 1.82) is 0 Å². The van der Waals surface area contributed by atoms with E-state index in [1.54, 1.807) is 0 Å². The van der Waals surface area contributed by atoms with Crippen molar-refractivity contribution in [1.82, 2.24) is 0 Å². The van der Waals surface area contributed by atoms with Crippen molar-refractivity contribution in [3.05, 3.63) is 11.6 Å². The lowest BCUT2D eigenvalue weighted by atomic mass is 9.99. The zero-order valence-corrected chi connectivity index (χ0v) is 13.7. The van der Waals surface area contributed by atoms with Crippen molar-refractivity contribution in [3.63, 3.8) is 0 Å². The molecule has 22 heavy (non-hydrogen) atoms. The molecule has 1 rings (SSSR count). The van der Waals surface area contributed by atoms with E-state index < -0.39 is 37.3 Å². The third-order valence-electron chi connectivity index (χ3n) is 3.95. The molecular weight excluding hydrogens is 288 g/mol. The SMILES string of the molecule is CC(C)=CCCC(C)CCO[C@@H]1O[C@H](CO)[C@@H](O)[C@H](O)[C@H]1O. The van der Waals surface area contributed by atoms with Gasteiger partial charge < -0.3 is 29.9 Å². The van der Waals surface area contributed by atoms with Crippen LogP contribution >= 0.6 is 0 Å². The molecule has 130 valence electrons. The molecule has 0 saturated carbocycles. The zero-order chi connectivity index (χ0) is 16.7. The van der Waals surface area contributed by atoms with Gasteiger partial charge in [0.25, 0.3) is 0 Å². The number of ether oxygens (including phenoxy) is 2. The molecule has 6 heteroatoms. The first-order valence-corrected chi connectivity index (χ1v) is 7.92. The van der Waals surface area contributed by atoms with E-state index in [9.17, 15) is 15.3 Å². The number of rotatable bonds is 8. The summed E-state index contributed by atoms with van der Waals surface area (Å²) in [4.78, 5) is 0. The van der Waals surface area contributed by atoms with Crippen LogP contribution in [0.25, 0.3) is 0 Å². The lowest BCUT2D eigenvalue weighted by Crippen LogP contribution is -2.59. The third kappa shape index (κ3) is 5.95. The summed E-state index contributed by atoms with van der Waals surface area (Å²) in [5.74, 6) is 0.473. The van der Waals surface area contributed by atoms with Crippen LogP contribution in [0.5, 0.6) is 0 Å². The molecule has 1 aliphatic heterocycles. The molecule has 0 spiro atoms. The summed E-state index contributed by atoms with van der Waals surface area (Å²) in [5, 5.41) is 38.3. The van der Waals surface area contributed by atoms with E-state index in [2.05, 4.69) is 26.8 Å². The van der Waals surface area contributed by atoms with Crippen LogP contribution in [0.1, 0.15) is 40.0 Å². The molecule has 1 aliphatic rings. The monoisotopic (exact) mass is 318 g/mol. The third-order valence-corrected chi connectivity index (χ3v) is 3.95. The summed E-state index contributed by atoms with van der Waals surface area (Å²) in [5.41, 5.74) is 1.31. The van der Waals surface area contributed by atoms with E-state index in [1.807, 2.05) is 0 Å². The van der Waals surface area contributed by atoms with Crippen molar-refractivity contribution in [3.8, 4) is 0 Å². The lowest BCUT2D eigenvalue weighted by molar-refractivity contribution is -0.301. The van der Waals surface area contributed by atoms with E-state index in [1.165, 1.54) is 5.57 Å². The molecular formula is C16H30O6. The summed E-state index contributed by atoms with van der Waals surface area (Å²) in [6, 6.07) is 0. The Kier molecular flexibility index (Phi) is 8.53. The molecule has 1 fully saturated rings. The molecule has 1 unspecified atom stereocenters. The Balaban J connectivity index is 2.32. The Morgan fingerprint density at radius 1 is 1.14 bits per heavy atom. The number of aliphatic hydroxyl groups excluding tert-OH is 4. The van der Waals surface area contributed by atoms with Gasteiger partial charge in [0.1, 0.15) is 24.4 Å². The van der Waals surface area contributed by atoms with Crippen LogP contribution in [0.4, 0.5) is 0 Å². The normalized spacial score (nSPS) is 33.5. The highest BCUT2D eigenvalue weighted by atomic mass is 16.7. The minimum absolute atomic E-state index is 0.388.